The molecule has 0 saturated carbocycles. The molecule has 104 valence electrons. The van der Waals surface area contributed by atoms with Crippen LogP contribution in [0, 0.1) is 0 Å². The molecule has 0 bridgehead atoms. The molecule has 5 nitrogen and oxygen atoms in total. The van der Waals surface area contributed by atoms with E-state index in [1.165, 1.54) is 5.56 Å². The van der Waals surface area contributed by atoms with Crippen LogP contribution in [0.15, 0.2) is 35.5 Å². The predicted octanol–water partition coefficient (Wildman–Crippen LogP) is 4.09. The van der Waals surface area contributed by atoms with Gasteiger partial charge >= 0.3 is 0 Å². The molecule has 1 aliphatic heterocycles. The fourth-order valence-corrected chi connectivity index (χ4v) is 3.02. The number of hydrogen-bond donors (Lipinski definition) is 0. The average Bonchev–Trinajstić information content (AvgIpc) is 2.96. The summed E-state index contributed by atoms with van der Waals surface area (Å²) in [6, 6.07) is 6.13. The van der Waals surface area contributed by atoms with Crippen molar-refractivity contribution in [3.63, 3.8) is 0 Å². The van der Waals surface area contributed by atoms with Crippen molar-refractivity contribution in [2.75, 3.05) is 13.3 Å². The Morgan fingerprint density at radius 3 is 3.00 bits per heavy atom. The van der Waals surface area contributed by atoms with Gasteiger partial charge in [0, 0.05) is 16.9 Å². The van der Waals surface area contributed by atoms with Gasteiger partial charge in [0.2, 0.25) is 6.79 Å². The van der Waals surface area contributed by atoms with E-state index in [-0.39, 0.29) is 5.41 Å². The first kappa shape index (κ1) is 12.9. The summed E-state index contributed by atoms with van der Waals surface area (Å²) in [4.78, 5) is 2.86. The second-order valence-corrected chi connectivity index (χ2v) is 5.22. The third-order valence-electron chi connectivity index (χ3n) is 4.10. The van der Waals surface area contributed by atoms with Gasteiger partial charge in [-0.25, -0.2) is 0 Å². The molecule has 1 aliphatic carbocycles. The van der Waals surface area contributed by atoms with Crippen LogP contribution in [-0.4, -0.2) is 13.3 Å². The summed E-state index contributed by atoms with van der Waals surface area (Å²) in [7, 11) is 0. The molecule has 2 aliphatic rings. The normalized spacial score (nSPS) is 23.4. The fourth-order valence-electron chi connectivity index (χ4n) is 3.02. The van der Waals surface area contributed by atoms with E-state index in [9.17, 15) is 0 Å². The van der Waals surface area contributed by atoms with Gasteiger partial charge in [-0.05, 0) is 48.9 Å². The number of nitrogens with zero attached hydrogens (tertiary/aromatic N) is 3. The molecular weight excluding hydrogens is 254 g/mol. The summed E-state index contributed by atoms with van der Waals surface area (Å²) in [5.74, 6) is 1.61. The molecule has 0 saturated heterocycles. The van der Waals surface area contributed by atoms with E-state index in [0.29, 0.717) is 13.3 Å². The lowest BCUT2D eigenvalue weighted by molar-refractivity contribution is 0.174. The summed E-state index contributed by atoms with van der Waals surface area (Å²) in [5, 5.41) is 3.70. The SMILES string of the molecule is [N-]=[N+]=NCCC1(c2ccc3c(c2)OCO3)C=CCCC1. The van der Waals surface area contributed by atoms with Crippen molar-refractivity contribution in [2.45, 2.75) is 31.1 Å². The standard InChI is InChI=1S/C15H17N3O2/c16-18-17-9-8-15(6-2-1-3-7-15)12-4-5-13-14(10-12)20-11-19-13/h2,4-6,10H,1,3,7-9,11H2. The van der Waals surface area contributed by atoms with E-state index in [1.807, 2.05) is 6.07 Å². The molecule has 0 N–H and O–H groups in total. The average molecular weight is 271 g/mol. The van der Waals surface area contributed by atoms with Crippen molar-refractivity contribution in [1.82, 2.24) is 0 Å². The largest absolute Gasteiger partial charge is 0.454 e. The highest BCUT2D eigenvalue weighted by Gasteiger charge is 2.31. The summed E-state index contributed by atoms with van der Waals surface area (Å²) in [5.41, 5.74) is 9.65. The van der Waals surface area contributed by atoms with Gasteiger partial charge in [-0.2, -0.15) is 0 Å². The number of ether oxygens (including phenoxy) is 2. The Labute approximate surface area is 117 Å². The third-order valence-corrected chi connectivity index (χ3v) is 4.10. The van der Waals surface area contributed by atoms with Gasteiger partial charge < -0.3 is 9.47 Å². The monoisotopic (exact) mass is 271 g/mol. The van der Waals surface area contributed by atoms with E-state index in [0.717, 1.165) is 37.2 Å². The Kier molecular flexibility index (Phi) is 3.52. The number of hydrogen-bond acceptors (Lipinski definition) is 3. The highest BCUT2D eigenvalue weighted by atomic mass is 16.7. The van der Waals surface area contributed by atoms with Gasteiger partial charge in [0.25, 0.3) is 0 Å². The lowest BCUT2D eigenvalue weighted by Crippen LogP contribution is -2.26. The number of allylic oxidation sites excluding steroid dienone is 2. The fraction of sp³-hybridized carbons (Fsp3) is 0.467. The minimum absolute atomic E-state index is 0.0482. The Bertz CT molecular complexity index is 578. The second-order valence-electron chi connectivity index (χ2n) is 5.22. The molecule has 0 radical (unpaired) electrons. The zero-order valence-corrected chi connectivity index (χ0v) is 11.3. The maximum absolute atomic E-state index is 8.48. The van der Waals surface area contributed by atoms with E-state index in [2.05, 4.69) is 34.3 Å². The van der Waals surface area contributed by atoms with Crippen LogP contribution in [0.1, 0.15) is 31.2 Å². The molecule has 1 aromatic carbocycles. The van der Waals surface area contributed by atoms with Crippen molar-refractivity contribution in [1.29, 1.82) is 0 Å². The van der Waals surface area contributed by atoms with E-state index in [1.54, 1.807) is 0 Å². The molecule has 1 unspecified atom stereocenters. The minimum atomic E-state index is -0.0482. The van der Waals surface area contributed by atoms with Gasteiger partial charge in [0.15, 0.2) is 11.5 Å². The summed E-state index contributed by atoms with van der Waals surface area (Å²) in [6.07, 6.45) is 8.66. The molecule has 3 rings (SSSR count). The number of fused-ring (bicyclic) bond motifs is 1. The Balaban J connectivity index is 1.94. The van der Waals surface area contributed by atoms with Crippen LogP contribution < -0.4 is 9.47 Å². The van der Waals surface area contributed by atoms with E-state index >= 15 is 0 Å². The topological polar surface area (TPSA) is 67.2 Å². The Morgan fingerprint density at radius 2 is 2.20 bits per heavy atom. The van der Waals surface area contributed by atoms with Crippen LogP contribution in [0.4, 0.5) is 0 Å². The first-order chi connectivity index (χ1) is 9.84. The van der Waals surface area contributed by atoms with Crippen LogP contribution in [0.3, 0.4) is 0 Å². The van der Waals surface area contributed by atoms with Gasteiger partial charge in [-0.1, -0.05) is 23.3 Å². The Morgan fingerprint density at radius 1 is 1.30 bits per heavy atom. The molecule has 0 amide bonds. The highest BCUT2D eigenvalue weighted by molar-refractivity contribution is 5.48. The van der Waals surface area contributed by atoms with Crippen LogP contribution in [0.25, 0.3) is 10.4 Å². The zero-order chi connectivity index (χ0) is 13.8. The van der Waals surface area contributed by atoms with Gasteiger partial charge in [-0.15, -0.1) is 0 Å². The van der Waals surface area contributed by atoms with Crippen LogP contribution in [0.5, 0.6) is 11.5 Å². The molecule has 1 heterocycles. The molecule has 0 fully saturated rings. The van der Waals surface area contributed by atoms with Gasteiger partial charge in [0.05, 0.1) is 0 Å². The molecule has 1 aromatic rings. The summed E-state index contributed by atoms with van der Waals surface area (Å²) in [6.45, 7) is 0.801. The molecule has 5 heteroatoms. The number of rotatable bonds is 4. The van der Waals surface area contributed by atoms with Crippen molar-refractivity contribution in [3.8, 4) is 11.5 Å². The van der Waals surface area contributed by atoms with Crippen molar-refractivity contribution < 1.29 is 9.47 Å². The smallest absolute Gasteiger partial charge is 0.231 e. The summed E-state index contributed by atoms with van der Waals surface area (Å²) >= 11 is 0. The number of azide groups is 1. The molecule has 1 atom stereocenters. The predicted molar refractivity (Wildman–Crippen MR) is 75.9 cm³/mol. The van der Waals surface area contributed by atoms with Crippen molar-refractivity contribution >= 4 is 0 Å². The van der Waals surface area contributed by atoms with Crippen molar-refractivity contribution in [2.24, 2.45) is 5.11 Å². The maximum Gasteiger partial charge on any atom is 0.231 e. The highest BCUT2D eigenvalue weighted by Crippen LogP contribution is 2.42. The zero-order valence-electron chi connectivity index (χ0n) is 11.3. The van der Waals surface area contributed by atoms with Gasteiger partial charge in [-0.3, -0.25) is 0 Å². The van der Waals surface area contributed by atoms with Crippen LogP contribution in [-0.2, 0) is 5.41 Å². The molecule has 0 aromatic heterocycles. The third kappa shape index (κ3) is 2.32. The minimum Gasteiger partial charge on any atom is -0.454 e. The molecule has 0 spiro atoms. The summed E-state index contributed by atoms with van der Waals surface area (Å²) < 4.78 is 10.8. The molecule has 20 heavy (non-hydrogen) atoms. The van der Waals surface area contributed by atoms with Crippen LogP contribution >= 0.6 is 0 Å². The van der Waals surface area contributed by atoms with E-state index in [4.69, 9.17) is 15.0 Å². The Hall–Kier alpha value is -2.13. The quantitative estimate of drug-likeness (QED) is 0.358. The van der Waals surface area contributed by atoms with Crippen LogP contribution in [0.2, 0.25) is 0 Å². The lowest BCUT2D eigenvalue weighted by Gasteiger charge is -2.33. The maximum atomic E-state index is 8.48. The second kappa shape index (κ2) is 5.47. The van der Waals surface area contributed by atoms with Crippen molar-refractivity contribution in [3.05, 3.63) is 46.4 Å². The van der Waals surface area contributed by atoms with E-state index < -0.39 is 0 Å². The number of benzene rings is 1. The lowest BCUT2D eigenvalue weighted by atomic mass is 9.71. The molecular formula is C15H17N3O2. The van der Waals surface area contributed by atoms with Gasteiger partial charge in [0.1, 0.15) is 0 Å². The first-order valence-electron chi connectivity index (χ1n) is 6.93. The first-order valence-corrected chi connectivity index (χ1v) is 6.93.